The fourth-order valence-corrected chi connectivity index (χ4v) is 3.11. The van der Waals surface area contributed by atoms with Crippen LogP contribution in [0.2, 0.25) is 0 Å². The number of carbonyl (C=O) groups excluding carboxylic acids is 1. The molecule has 4 nitrogen and oxygen atoms in total. The van der Waals surface area contributed by atoms with Crippen LogP contribution in [0.25, 0.3) is 10.8 Å². The van der Waals surface area contributed by atoms with Gasteiger partial charge in [0.1, 0.15) is 0 Å². The van der Waals surface area contributed by atoms with Gasteiger partial charge in [0, 0.05) is 0 Å². The molecule has 0 aliphatic heterocycles. The van der Waals surface area contributed by atoms with Crippen molar-refractivity contribution in [1.29, 1.82) is 0 Å². The van der Waals surface area contributed by atoms with Crippen LogP contribution in [0.3, 0.4) is 0 Å². The maximum Gasteiger partial charge on any atom is 0.321 e. The molecule has 2 aromatic carbocycles. The van der Waals surface area contributed by atoms with Gasteiger partial charge in [-0.25, -0.2) is 8.42 Å². The Morgan fingerprint density at radius 1 is 1.10 bits per heavy atom. The van der Waals surface area contributed by atoms with Crippen LogP contribution in [-0.4, -0.2) is 26.7 Å². The van der Waals surface area contributed by atoms with Crippen LogP contribution in [0, 0.1) is 0 Å². The van der Waals surface area contributed by atoms with E-state index >= 15 is 0 Å². The number of fused-ring (bicyclic) bond motifs is 1. The average molecular weight is 306 g/mol. The van der Waals surface area contributed by atoms with E-state index in [4.69, 9.17) is 4.74 Å². The first-order chi connectivity index (χ1) is 10.0. The topological polar surface area (TPSA) is 60.4 Å². The molecule has 0 atom stereocenters. The lowest BCUT2D eigenvalue weighted by Crippen LogP contribution is -2.19. The van der Waals surface area contributed by atoms with E-state index in [-0.39, 0.29) is 11.5 Å². The van der Waals surface area contributed by atoms with Gasteiger partial charge < -0.3 is 4.74 Å². The third-order valence-electron chi connectivity index (χ3n) is 3.15. The molecule has 0 aromatic heterocycles. The van der Waals surface area contributed by atoms with Gasteiger partial charge in [0.25, 0.3) is 0 Å². The second-order valence-electron chi connectivity index (χ2n) is 4.84. The highest BCUT2D eigenvalue weighted by Crippen LogP contribution is 2.20. The molecule has 0 unspecified atom stereocenters. The van der Waals surface area contributed by atoms with Crippen molar-refractivity contribution >= 4 is 26.6 Å². The number of ether oxygens (including phenoxy) is 1. The van der Waals surface area contributed by atoms with E-state index < -0.39 is 21.6 Å². The molecule has 0 radical (unpaired) electrons. The number of esters is 1. The molecule has 0 aliphatic rings. The van der Waals surface area contributed by atoms with Crippen molar-refractivity contribution in [2.45, 2.75) is 24.7 Å². The molecule has 0 aliphatic carbocycles. The number of unbranched alkanes of at least 4 members (excludes halogenated alkanes) is 1. The molecule has 0 fully saturated rings. The molecular weight excluding hydrogens is 288 g/mol. The smallest absolute Gasteiger partial charge is 0.321 e. The van der Waals surface area contributed by atoms with Gasteiger partial charge in [-0.2, -0.15) is 0 Å². The molecule has 21 heavy (non-hydrogen) atoms. The van der Waals surface area contributed by atoms with Crippen molar-refractivity contribution in [2.75, 3.05) is 12.4 Å². The zero-order valence-corrected chi connectivity index (χ0v) is 12.7. The number of rotatable bonds is 6. The Bertz CT molecular complexity index is 735. The van der Waals surface area contributed by atoms with Gasteiger partial charge in [-0.1, -0.05) is 43.7 Å². The van der Waals surface area contributed by atoms with Crippen molar-refractivity contribution in [2.24, 2.45) is 0 Å². The quantitative estimate of drug-likeness (QED) is 0.608. The Kier molecular flexibility index (Phi) is 4.96. The minimum atomic E-state index is -3.66. The van der Waals surface area contributed by atoms with Gasteiger partial charge >= 0.3 is 5.97 Å². The summed E-state index contributed by atoms with van der Waals surface area (Å²) in [5.74, 6) is -1.31. The maximum absolute atomic E-state index is 12.2. The Labute approximate surface area is 124 Å². The average Bonchev–Trinajstić information content (AvgIpc) is 2.46. The number of carbonyl (C=O) groups is 1. The van der Waals surface area contributed by atoms with Gasteiger partial charge in [0.05, 0.1) is 11.5 Å². The van der Waals surface area contributed by atoms with Crippen molar-refractivity contribution in [1.82, 2.24) is 0 Å². The number of benzene rings is 2. The van der Waals surface area contributed by atoms with Crippen molar-refractivity contribution in [3.8, 4) is 0 Å². The third-order valence-corrected chi connectivity index (χ3v) is 4.74. The monoisotopic (exact) mass is 306 g/mol. The molecule has 0 saturated heterocycles. The normalized spacial score (nSPS) is 11.5. The summed E-state index contributed by atoms with van der Waals surface area (Å²) in [5.41, 5.74) is 0. The largest absolute Gasteiger partial charge is 0.465 e. The molecule has 0 heterocycles. The van der Waals surface area contributed by atoms with E-state index in [2.05, 4.69) is 0 Å². The lowest BCUT2D eigenvalue weighted by atomic mass is 10.1. The second-order valence-corrected chi connectivity index (χ2v) is 6.83. The van der Waals surface area contributed by atoms with Crippen molar-refractivity contribution in [3.63, 3.8) is 0 Å². The van der Waals surface area contributed by atoms with E-state index in [0.29, 0.717) is 0 Å². The summed E-state index contributed by atoms with van der Waals surface area (Å²) in [6.07, 6.45) is 1.63. The van der Waals surface area contributed by atoms with Crippen LogP contribution >= 0.6 is 0 Å². The summed E-state index contributed by atoms with van der Waals surface area (Å²) in [6, 6.07) is 12.3. The van der Waals surface area contributed by atoms with Crippen LogP contribution in [-0.2, 0) is 19.4 Å². The Morgan fingerprint density at radius 2 is 1.81 bits per heavy atom. The Morgan fingerprint density at radius 3 is 2.52 bits per heavy atom. The number of hydrogen-bond acceptors (Lipinski definition) is 4. The predicted molar refractivity (Wildman–Crippen MR) is 81.9 cm³/mol. The molecule has 0 spiro atoms. The van der Waals surface area contributed by atoms with Crippen LogP contribution < -0.4 is 0 Å². The third kappa shape index (κ3) is 4.04. The Hall–Kier alpha value is -1.88. The van der Waals surface area contributed by atoms with Crippen LogP contribution in [0.15, 0.2) is 47.4 Å². The van der Waals surface area contributed by atoms with Crippen LogP contribution in [0.1, 0.15) is 19.8 Å². The van der Waals surface area contributed by atoms with E-state index in [0.717, 1.165) is 23.6 Å². The van der Waals surface area contributed by atoms with E-state index in [1.54, 1.807) is 12.1 Å². The van der Waals surface area contributed by atoms with E-state index in [1.807, 2.05) is 31.2 Å². The van der Waals surface area contributed by atoms with E-state index in [1.165, 1.54) is 6.07 Å². The highest BCUT2D eigenvalue weighted by molar-refractivity contribution is 7.92. The first kappa shape index (κ1) is 15.5. The summed E-state index contributed by atoms with van der Waals surface area (Å²) in [4.78, 5) is 11.7. The maximum atomic E-state index is 12.2. The van der Waals surface area contributed by atoms with Crippen LogP contribution in [0.5, 0.6) is 0 Å². The predicted octanol–water partition coefficient (Wildman–Crippen LogP) is 2.96. The summed E-state index contributed by atoms with van der Waals surface area (Å²) >= 11 is 0. The van der Waals surface area contributed by atoms with Crippen molar-refractivity contribution in [3.05, 3.63) is 42.5 Å². The summed E-state index contributed by atoms with van der Waals surface area (Å²) in [7, 11) is -3.66. The standard InChI is InChI=1S/C16H18O4S/c1-2-3-10-20-16(17)12-21(18,19)15-9-8-13-6-4-5-7-14(13)11-15/h4-9,11H,2-3,10,12H2,1H3. The van der Waals surface area contributed by atoms with E-state index in [9.17, 15) is 13.2 Å². The first-order valence-electron chi connectivity index (χ1n) is 6.90. The minimum absolute atomic E-state index is 0.147. The van der Waals surface area contributed by atoms with Gasteiger partial charge in [-0.3, -0.25) is 4.79 Å². The molecule has 0 saturated carbocycles. The molecule has 2 rings (SSSR count). The Balaban J connectivity index is 2.15. The van der Waals surface area contributed by atoms with Crippen LogP contribution in [0.4, 0.5) is 0 Å². The highest BCUT2D eigenvalue weighted by atomic mass is 32.2. The first-order valence-corrected chi connectivity index (χ1v) is 8.55. The molecule has 0 bridgehead atoms. The molecule has 2 aromatic rings. The fourth-order valence-electron chi connectivity index (χ4n) is 1.97. The van der Waals surface area contributed by atoms with Gasteiger partial charge in [-0.15, -0.1) is 0 Å². The molecular formula is C16H18O4S. The summed E-state index contributed by atoms with van der Waals surface area (Å²) in [6.45, 7) is 2.24. The lowest BCUT2D eigenvalue weighted by Gasteiger charge is -2.06. The molecule has 5 heteroatoms. The minimum Gasteiger partial charge on any atom is -0.465 e. The lowest BCUT2D eigenvalue weighted by molar-refractivity contribution is -0.140. The number of sulfone groups is 1. The van der Waals surface area contributed by atoms with Crippen molar-refractivity contribution < 1.29 is 17.9 Å². The molecule has 112 valence electrons. The highest BCUT2D eigenvalue weighted by Gasteiger charge is 2.20. The number of hydrogen-bond donors (Lipinski definition) is 0. The summed E-state index contributed by atoms with van der Waals surface area (Å²) in [5, 5.41) is 1.79. The van der Waals surface area contributed by atoms with Gasteiger partial charge in [0.15, 0.2) is 15.6 Å². The fraction of sp³-hybridized carbons (Fsp3) is 0.312. The SMILES string of the molecule is CCCCOC(=O)CS(=O)(=O)c1ccc2ccccc2c1. The zero-order valence-electron chi connectivity index (χ0n) is 11.9. The zero-order chi connectivity index (χ0) is 15.3. The molecule has 0 N–H and O–H groups in total. The summed E-state index contributed by atoms with van der Waals surface area (Å²) < 4.78 is 29.3. The molecule has 0 amide bonds. The van der Waals surface area contributed by atoms with Gasteiger partial charge in [0.2, 0.25) is 0 Å². The van der Waals surface area contributed by atoms with Gasteiger partial charge in [-0.05, 0) is 29.3 Å². The second kappa shape index (κ2) is 6.72.